The van der Waals surface area contributed by atoms with E-state index in [0.717, 1.165) is 25.1 Å². The van der Waals surface area contributed by atoms with Crippen LogP contribution >= 0.6 is 0 Å². The highest BCUT2D eigenvalue weighted by atomic mass is 32.2. The number of rotatable bonds is 3. The summed E-state index contributed by atoms with van der Waals surface area (Å²) in [5.74, 6) is 2.06. The van der Waals surface area contributed by atoms with Crippen LogP contribution in [0.3, 0.4) is 0 Å². The molecule has 14 heavy (non-hydrogen) atoms. The lowest BCUT2D eigenvalue weighted by atomic mass is 10.1. The molecule has 2 aliphatic rings. The lowest BCUT2D eigenvalue weighted by Crippen LogP contribution is -2.17. The number of hydrogen-bond donors (Lipinski definition) is 1. The molecule has 0 spiro atoms. The molecule has 1 unspecified atom stereocenters. The van der Waals surface area contributed by atoms with E-state index in [-0.39, 0.29) is 5.92 Å². The molecule has 2 rings (SSSR count). The van der Waals surface area contributed by atoms with Gasteiger partial charge in [0.1, 0.15) is 0 Å². The van der Waals surface area contributed by atoms with Gasteiger partial charge < -0.3 is 5.73 Å². The Morgan fingerprint density at radius 1 is 1.36 bits per heavy atom. The van der Waals surface area contributed by atoms with Gasteiger partial charge in [0.25, 0.3) is 0 Å². The lowest BCUT2D eigenvalue weighted by molar-refractivity contribution is 0.591. The zero-order valence-electron chi connectivity index (χ0n) is 8.15. The van der Waals surface area contributed by atoms with E-state index in [1.165, 1.54) is 0 Å². The maximum absolute atomic E-state index is 11.2. The van der Waals surface area contributed by atoms with Gasteiger partial charge in [0, 0.05) is 12.5 Å². The van der Waals surface area contributed by atoms with Gasteiger partial charge in [0.2, 0.25) is 0 Å². The van der Waals surface area contributed by atoms with Crippen molar-refractivity contribution in [3.8, 4) is 0 Å². The smallest absolute Gasteiger partial charge is 0.150 e. The van der Waals surface area contributed by atoms with Crippen LogP contribution < -0.4 is 5.73 Å². The van der Waals surface area contributed by atoms with Crippen molar-refractivity contribution in [3.05, 3.63) is 0 Å². The van der Waals surface area contributed by atoms with Crippen molar-refractivity contribution in [1.82, 2.24) is 0 Å². The highest BCUT2D eigenvalue weighted by Crippen LogP contribution is 2.29. The van der Waals surface area contributed by atoms with Crippen molar-refractivity contribution in [1.29, 1.82) is 0 Å². The van der Waals surface area contributed by atoms with E-state index in [1.54, 1.807) is 0 Å². The van der Waals surface area contributed by atoms with Crippen LogP contribution in [0, 0.1) is 11.8 Å². The summed E-state index contributed by atoms with van der Waals surface area (Å²) >= 11 is 0. The van der Waals surface area contributed by atoms with Gasteiger partial charge >= 0.3 is 0 Å². The number of nitrogens with zero attached hydrogens (tertiary/aromatic N) is 1. The van der Waals surface area contributed by atoms with Gasteiger partial charge in [-0.2, -0.15) is 0 Å². The normalized spacial score (nSPS) is 32.0. The Bertz CT molecular complexity index is 344. The summed E-state index contributed by atoms with van der Waals surface area (Å²) in [7, 11) is -2.76. The molecule has 80 valence electrons. The van der Waals surface area contributed by atoms with Crippen molar-refractivity contribution < 1.29 is 8.42 Å². The van der Waals surface area contributed by atoms with Crippen LogP contribution in [0.15, 0.2) is 4.99 Å². The van der Waals surface area contributed by atoms with Crippen LogP contribution in [0.4, 0.5) is 0 Å². The second-order valence-corrected chi connectivity index (χ2v) is 6.54. The van der Waals surface area contributed by atoms with Crippen molar-refractivity contribution >= 4 is 15.7 Å². The highest BCUT2D eigenvalue weighted by molar-refractivity contribution is 7.91. The van der Waals surface area contributed by atoms with Crippen molar-refractivity contribution in [2.75, 3.05) is 18.1 Å². The predicted octanol–water partition coefficient (Wildman–Crippen LogP) is 0.188. The molecule has 1 saturated carbocycles. The maximum atomic E-state index is 11.2. The third-order valence-electron chi connectivity index (χ3n) is 2.85. The molecule has 0 bridgehead atoms. The van der Waals surface area contributed by atoms with Crippen LogP contribution in [0.1, 0.15) is 19.3 Å². The van der Waals surface area contributed by atoms with Crippen LogP contribution in [0.2, 0.25) is 0 Å². The number of amidine groups is 1. The Labute approximate surface area is 84.5 Å². The first kappa shape index (κ1) is 9.96. The standard InChI is InChI=1S/C9H16N2O2S/c10-9(8-1-2-8)11-5-7-3-4-14(12,13)6-7/h7-8H,1-6H2,(H2,10,11). The molecule has 1 atom stereocenters. The number of sulfone groups is 1. The number of hydrogen-bond acceptors (Lipinski definition) is 3. The molecular weight excluding hydrogens is 200 g/mol. The molecule has 1 aliphatic heterocycles. The molecule has 0 amide bonds. The van der Waals surface area contributed by atoms with E-state index >= 15 is 0 Å². The Morgan fingerprint density at radius 3 is 2.57 bits per heavy atom. The fraction of sp³-hybridized carbons (Fsp3) is 0.889. The predicted molar refractivity (Wildman–Crippen MR) is 56.0 cm³/mol. The molecule has 0 aromatic rings. The van der Waals surface area contributed by atoms with Crippen molar-refractivity contribution in [2.45, 2.75) is 19.3 Å². The minimum atomic E-state index is -2.76. The first-order chi connectivity index (χ1) is 6.57. The summed E-state index contributed by atoms with van der Waals surface area (Å²) in [6.07, 6.45) is 3.06. The van der Waals surface area contributed by atoms with Gasteiger partial charge in [-0.3, -0.25) is 4.99 Å². The Morgan fingerprint density at radius 2 is 2.07 bits per heavy atom. The molecule has 0 aromatic heterocycles. The van der Waals surface area contributed by atoms with Gasteiger partial charge in [-0.25, -0.2) is 8.42 Å². The van der Waals surface area contributed by atoms with Crippen LogP contribution in [-0.4, -0.2) is 32.3 Å². The van der Waals surface area contributed by atoms with E-state index in [9.17, 15) is 8.42 Å². The lowest BCUT2D eigenvalue weighted by Gasteiger charge is -2.03. The summed E-state index contributed by atoms with van der Waals surface area (Å²) in [5, 5.41) is 0. The Balaban J connectivity index is 1.84. The molecule has 5 heteroatoms. The van der Waals surface area contributed by atoms with Gasteiger partial charge in [0.15, 0.2) is 9.84 Å². The van der Waals surface area contributed by atoms with Gasteiger partial charge in [-0.05, 0) is 25.2 Å². The monoisotopic (exact) mass is 216 g/mol. The fourth-order valence-corrected chi connectivity index (χ4v) is 3.61. The Kier molecular flexibility index (Phi) is 2.51. The third kappa shape index (κ3) is 2.47. The zero-order valence-corrected chi connectivity index (χ0v) is 8.96. The van der Waals surface area contributed by atoms with Crippen molar-refractivity contribution in [3.63, 3.8) is 0 Å². The van der Waals surface area contributed by atoms with Gasteiger partial charge in [0.05, 0.1) is 17.3 Å². The van der Waals surface area contributed by atoms with Crippen LogP contribution in [0.25, 0.3) is 0 Å². The first-order valence-corrected chi connectivity index (χ1v) is 6.89. The third-order valence-corrected chi connectivity index (χ3v) is 4.69. The largest absolute Gasteiger partial charge is 0.387 e. The molecular formula is C9H16N2O2S. The SMILES string of the molecule is NC(=NCC1CCS(=O)(=O)C1)C1CC1. The molecule has 2 fully saturated rings. The minimum absolute atomic E-state index is 0.206. The van der Waals surface area contributed by atoms with E-state index in [4.69, 9.17) is 5.73 Å². The molecule has 1 heterocycles. The molecule has 1 saturated heterocycles. The topological polar surface area (TPSA) is 72.5 Å². The van der Waals surface area contributed by atoms with Crippen molar-refractivity contribution in [2.24, 2.45) is 22.6 Å². The first-order valence-electron chi connectivity index (χ1n) is 5.07. The Hall–Kier alpha value is -0.580. The van der Waals surface area contributed by atoms with E-state index < -0.39 is 9.84 Å². The second kappa shape index (κ2) is 3.53. The summed E-state index contributed by atoms with van der Waals surface area (Å²) in [6.45, 7) is 0.599. The summed E-state index contributed by atoms with van der Waals surface area (Å²) in [5.41, 5.74) is 5.73. The second-order valence-electron chi connectivity index (χ2n) is 4.31. The number of aliphatic imine (C=N–C) groups is 1. The molecule has 0 aromatic carbocycles. The van der Waals surface area contributed by atoms with E-state index in [1.807, 2.05) is 0 Å². The summed E-state index contributed by atoms with van der Waals surface area (Å²) in [4.78, 5) is 4.26. The fourth-order valence-electron chi connectivity index (χ4n) is 1.76. The summed E-state index contributed by atoms with van der Waals surface area (Å²) in [6, 6.07) is 0. The van der Waals surface area contributed by atoms with Gasteiger partial charge in [-0.1, -0.05) is 0 Å². The zero-order chi connectivity index (χ0) is 10.2. The van der Waals surface area contributed by atoms with E-state index in [0.29, 0.717) is 24.0 Å². The highest BCUT2D eigenvalue weighted by Gasteiger charge is 2.29. The molecule has 1 aliphatic carbocycles. The van der Waals surface area contributed by atoms with E-state index in [2.05, 4.69) is 4.99 Å². The van der Waals surface area contributed by atoms with Gasteiger partial charge in [-0.15, -0.1) is 0 Å². The maximum Gasteiger partial charge on any atom is 0.150 e. The molecule has 2 N–H and O–H groups in total. The van der Waals surface area contributed by atoms with Crippen LogP contribution in [0.5, 0.6) is 0 Å². The van der Waals surface area contributed by atoms with Crippen LogP contribution in [-0.2, 0) is 9.84 Å². The summed E-state index contributed by atoms with van der Waals surface area (Å²) < 4.78 is 22.3. The average Bonchev–Trinajstić information content (AvgIpc) is 2.88. The molecule has 4 nitrogen and oxygen atoms in total. The number of nitrogens with two attached hydrogens (primary N) is 1. The quantitative estimate of drug-likeness (QED) is 0.540. The molecule has 0 radical (unpaired) electrons. The minimum Gasteiger partial charge on any atom is -0.387 e. The average molecular weight is 216 g/mol.